The number of hydrogen-bond donors (Lipinski definition) is 3. The maximum atomic E-state index is 9.98. The molecule has 2 fully saturated rings. The molecule has 8 heteroatoms. The fraction of sp³-hybridized carbons (Fsp3) is 0.462. The molecule has 34 heavy (non-hydrogen) atoms. The summed E-state index contributed by atoms with van der Waals surface area (Å²) < 4.78 is 0. The molecule has 4 N–H and O–H groups in total. The molecule has 2 aliphatic heterocycles. The van der Waals surface area contributed by atoms with E-state index in [9.17, 15) is 5.11 Å². The maximum absolute atomic E-state index is 9.98. The molecule has 0 saturated carbocycles. The van der Waals surface area contributed by atoms with E-state index in [1.807, 2.05) is 18.2 Å². The number of nitrogens with one attached hydrogen (secondary N) is 1. The van der Waals surface area contributed by atoms with Gasteiger partial charge in [-0.05, 0) is 80.7 Å². The van der Waals surface area contributed by atoms with Crippen LogP contribution in [-0.4, -0.2) is 64.4 Å². The van der Waals surface area contributed by atoms with Crippen LogP contribution >= 0.6 is 24.0 Å². The third-order valence-corrected chi connectivity index (χ3v) is 7.62. The zero-order chi connectivity index (χ0) is 23.8. The summed E-state index contributed by atoms with van der Waals surface area (Å²) in [5, 5.41) is 14.0. The van der Waals surface area contributed by atoms with Crippen molar-refractivity contribution >= 4 is 45.6 Å². The van der Waals surface area contributed by atoms with Crippen LogP contribution in [0.25, 0.3) is 0 Å². The molecule has 3 aliphatic rings. The first-order valence-electron chi connectivity index (χ1n) is 12.1. The molecule has 1 aromatic rings. The van der Waals surface area contributed by atoms with E-state index in [1.165, 1.54) is 23.0 Å². The Kier molecular flexibility index (Phi) is 9.21. The van der Waals surface area contributed by atoms with E-state index in [0.29, 0.717) is 16.3 Å². The SMILES string of the molecule is NC(=NC(=S)Nc1ccc(N2CCC(N3CCCC(O)C3)CC2)cc1)SCC1=CCC=CC=C1. The summed E-state index contributed by atoms with van der Waals surface area (Å²) in [7, 11) is 0. The van der Waals surface area contributed by atoms with Crippen LogP contribution in [0.15, 0.2) is 65.2 Å². The maximum Gasteiger partial charge on any atom is 0.199 e. The number of aliphatic hydroxyl groups is 1. The zero-order valence-corrected chi connectivity index (χ0v) is 21.2. The van der Waals surface area contributed by atoms with Gasteiger partial charge in [-0.2, -0.15) is 4.99 Å². The number of aliphatic imine (C=N–C) groups is 1. The van der Waals surface area contributed by atoms with Crippen molar-refractivity contribution in [1.82, 2.24) is 4.90 Å². The first-order valence-corrected chi connectivity index (χ1v) is 13.5. The monoisotopic (exact) mass is 497 g/mol. The third-order valence-electron chi connectivity index (χ3n) is 6.56. The Morgan fingerprint density at radius 2 is 1.94 bits per heavy atom. The van der Waals surface area contributed by atoms with Gasteiger partial charge < -0.3 is 21.1 Å². The Labute approximate surface area is 212 Å². The number of likely N-dealkylation sites (tertiary alicyclic amines) is 1. The van der Waals surface area contributed by atoms with Gasteiger partial charge in [0.2, 0.25) is 0 Å². The van der Waals surface area contributed by atoms with Crippen LogP contribution in [0.5, 0.6) is 0 Å². The van der Waals surface area contributed by atoms with Crippen molar-refractivity contribution in [2.45, 2.75) is 44.2 Å². The number of anilines is 2. The van der Waals surface area contributed by atoms with Gasteiger partial charge in [-0.15, -0.1) is 0 Å². The highest BCUT2D eigenvalue weighted by atomic mass is 32.2. The van der Waals surface area contributed by atoms with Crippen LogP contribution in [0.4, 0.5) is 11.4 Å². The molecule has 1 unspecified atom stereocenters. The Balaban J connectivity index is 1.22. The van der Waals surface area contributed by atoms with Crippen molar-refractivity contribution in [2.24, 2.45) is 10.7 Å². The molecule has 6 nitrogen and oxygen atoms in total. The number of benzene rings is 1. The summed E-state index contributed by atoms with van der Waals surface area (Å²) in [6, 6.07) is 8.95. The Hall–Kier alpha value is -2.13. The van der Waals surface area contributed by atoms with Crippen molar-refractivity contribution in [1.29, 1.82) is 0 Å². The van der Waals surface area contributed by atoms with Crippen LogP contribution in [0.3, 0.4) is 0 Å². The predicted octanol–water partition coefficient (Wildman–Crippen LogP) is 4.30. The Morgan fingerprint density at radius 3 is 2.71 bits per heavy atom. The van der Waals surface area contributed by atoms with E-state index in [1.54, 1.807) is 0 Å². The Morgan fingerprint density at radius 1 is 1.15 bits per heavy atom. The average Bonchev–Trinajstić information content (AvgIpc) is 3.12. The fourth-order valence-electron chi connectivity index (χ4n) is 4.73. The highest BCUT2D eigenvalue weighted by Gasteiger charge is 2.28. The van der Waals surface area contributed by atoms with Crippen molar-refractivity contribution in [3.8, 4) is 0 Å². The topological polar surface area (TPSA) is 77.1 Å². The van der Waals surface area contributed by atoms with Crippen molar-refractivity contribution in [2.75, 3.05) is 42.1 Å². The predicted molar refractivity (Wildman–Crippen MR) is 150 cm³/mol. The van der Waals surface area contributed by atoms with Crippen LogP contribution in [0, 0.1) is 0 Å². The van der Waals surface area contributed by atoms with Gasteiger partial charge in [-0.1, -0.05) is 42.1 Å². The van der Waals surface area contributed by atoms with E-state index in [-0.39, 0.29) is 6.10 Å². The summed E-state index contributed by atoms with van der Waals surface area (Å²) >= 11 is 6.87. The molecular formula is C26H35N5OS2. The summed E-state index contributed by atoms with van der Waals surface area (Å²) in [6.45, 7) is 4.05. The Bertz CT molecular complexity index is 948. The summed E-state index contributed by atoms with van der Waals surface area (Å²) in [4.78, 5) is 9.26. The van der Waals surface area contributed by atoms with Gasteiger partial charge in [0.25, 0.3) is 0 Å². The second kappa shape index (κ2) is 12.5. The highest BCUT2D eigenvalue weighted by molar-refractivity contribution is 8.14. The largest absolute Gasteiger partial charge is 0.392 e. The number of thioether (sulfide) groups is 1. The molecule has 182 valence electrons. The van der Waals surface area contributed by atoms with Crippen molar-refractivity contribution in [3.63, 3.8) is 0 Å². The number of piperidine rings is 2. The summed E-state index contributed by atoms with van der Waals surface area (Å²) in [5.74, 6) is 0.778. The second-order valence-electron chi connectivity index (χ2n) is 9.03. The van der Waals surface area contributed by atoms with Gasteiger partial charge in [-0.25, -0.2) is 0 Å². The zero-order valence-electron chi connectivity index (χ0n) is 19.6. The third kappa shape index (κ3) is 7.43. The molecule has 2 saturated heterocycles. The lowest BCUT2D eigenvalue weighted by molar-refractivity contribution is 0.0398. The molecule has 0 bridgehead atoms. The number of aliphatic hydroxyl groups excluding tert-OH is 1. The number of allylic oxidation sites excluding steroid dienone is 5. The van der Waals surface area contributed by atoms with Crippen molar-refractivity contribution in [3.05, 3.63) is 60.2 Å². The number of nitrogens with two attached hydrogens (primary N) is 1. The normalized spacial score (nSPS) is 22.4. The van der Waals surface area contributed by atoms with Crippen LogP contribution in [0.2, 0.25) is 0 Å². The van der Waals surface area contributed by atoms with Gasteiger partial charge >= 0.3 is 0 Å². The first-order chi connectivity index (χ1) is 16.6. The molecule has 4 rings (SSSR count). The van der Waals surface area contributed by atoms with E-state index >= 15 is 0 Å². The molecule has 0 spiro atoms. The second-order valence-corrected chi connectivity index (χ2v) is 10.4. The fourth-order valence-corrected chi connectivity index (χ4v) is 5.69. The van der Waals surface area contributed by atoms with E-state index in [0.717, 1.165) is 69.7 Å². The highest BCUT2D eigenvalue weighted by Crippen LogP contribution is 2.26. The van der Waals surface area contributed by atoms with Crippen LogP contribution in [-0.2, 0) is 0 Å². The van der Waals surface area contributed by atoms with Crippen LogP contribution in [0.1, 0.15) is 32.1 Å². The molecular weight excluding hydrogens is 462 g/mol. The van der Waals surface area contributed by atoms with E-state index in [4.69, 9.17) is 18.0 Å². The van der Waals surface area contributed by atoms with Crippen LogP contribution < -0.4 is 16.0 Å². The lowest BCUT2D eigenvalue weighted by atomic mass is 9.98. The van der Waals surface area contributed by atoms with E-state index < -0.39 is 0 Å². The summed E-state index contributed by atoms with van der Waals surface area (Å²) in [6.07, 6.45) is 15.7. The van der Waals surface area contributed by atoms with Gasteiger partial charge in [0, 0.05) is 42.8 Å². The molecule has 0 aromatic heterocycles. The summed E-state index contributed by atoms with van der Waals surface area (Å²) in [5.41, 5.74) is 9.45. The number of hydrogen-bond acceptors (Lipinski definition) is 5. The molecule has 1 atom stereocenters. The number of thiocarbonyl (C=S) groups is 1. The molecule has 1 aromatic carbocycles. The molecule has 0 amide bonds. The van der Waals surface area contributed by atoms with Gasteiger partial charge in [0.05, 0.1) is 6.10 Å². The first kappa shape index (κ1) is 25.0. The van der Waals surface area contributed by atoms with Gasteiger partial charge in [0.15, 0.2) is 10.3 Å². The minimum Gasteiger partial charge on any atom is -0.392 e. The average molecular weight is 498 g/mol. The number of nitrogens with zero attached hydrogens (tertiary/aromatic N) is 3. The van der Waals surface area contributed by atoms with E-state index in [2.05, 4.69) is 56.5 Å². The molecule has 0 radical (unpaired) electrons. The standard InChI is InChI=1S/C26H35N5OS2/c27-25(34-19-20-6-3-1-2-4-7-20)29-26(33)28-21-9-11-22(12-10-21)30-16-13-23(14-17-30)31-15-5-8-24(32)18-31/h1-3,6-7,9-12,23-24,32H,4-5,8,13-19H2,(H3,27,28,29,33). The minimum absolute atomic E-state index is 0.148. The number of β-amino-alcohol motifs (C(OH)–C–C–N with tert-alkyl or cyclic N) is 1. The van der Waals surface area contributed by atoms with Gasteiger partial charge in [-0.3, -0.25) is 4.90 Å². The minimum atomic E-state index is -0.148. The number of amidine groups is 1. The smallest absolute Gasteiger partial charge is 0.199 e. The van der Waals surface area contributed by atoms with Crippen molar-refractivity contribution < 1.29 is 5.11 Å². The molecule has 1 aliphatic carbocycles. The lowest BCUT2D eigenvalue weighted by Gasteiger charge is -2.42. The lowest BCUT2D eigenvalue weighted by Crippen LogP contribution is -2.49. The molecule has 2 heterocycles. The van der Waals surface area contributed by atoms with Gasteiger partial charge in [0.1, 0.15) is 0 Å². The number of rotatable bonds is 5. The quantitative estimate of drug-likeness (QED) is 0.318.